The number of carbonyl (C=O) groups excluding carboxylic acids is 3. The van der Waals surface area contributed by atoms with E-state index >= 15 is 0 Å². The lowest BCUT2D eigenvalue weighted by Gasteiger charge is -2.28. The van der Waals surface area contributed by atoms with Gasteiger partial charge in [0.25, 0.3) is 5.91 Å². The van der Waals surface area contributed by atoms with Crippen LogP contribution in [0.4, 0.5) is 11.4 Å². The molecule has 33 heavy (non-hydrogen) atoms. The lowest BCUT2D eigenvalue weighted by atomic mass is 10.2. The minimum absolute atomic E-state index is 0.0167. The van der Waals surface area contributed by atoms with Crippen molar-refractivity contribution >= 4 is 62.4 Å². The molecule has 1 atom stereocenters. The first-order chi connectivity index (χ1) is 15.7. The number of ether oxygens (including phenoxy) is 1. The fourth-order valence-electron chi connectivity index (χ4n) is 3.34. The fourth-order valence-corrected chi connectivity index (χ4v) is 5.77. The average molecular weight is 511 g/mol. The average Bonchev–Trinajstić information content (AvgIpc) is 3.14. The maximum absolute atomic E-state index is 12.8. The van der Waals surface area contributed by atoms with Gasteiger partial charge in [-0.1, -0.05) is 29.8 Å². The lowest BCUT2D eigenvalue weighted by Crippen LogP contribution is -2.43. The molecule has 2 amide bonds. The molecule has 1 heterocycles. The van der Waals surface area contributed by atoms with Crippen LogP contribution in [0, 0.1) is 0 Å². The topological polar surface area (TPSA) is 110 Å². The molecule has 2 aromatic carbocycles. The number of amides is 2. The number of anilines is 2. The Morgan fingerprint density at radius 3 is 2.39 bits per heavy atom. The van der Waals surface area contributed by atoms with Crippen LogP contribution in [0.25, 0.3) is 0 Å². The van der Waals surface area contributed by atoms with E-state index in [0.717, 1.165) is 11.8 Å². The number of thioether (sulfide) groups is 1. The van der Waals surface area contributed by atoms with E-state index in [0.29, 0.717) is 22.8 Å². The zero-order valence-electron chi connectivity index (χ0n) is 17.6. The highest BCUT2D eigenvalue weighted by Crippen LogP contribution is 2.24. The van der Waals surface area contributed by atoms with Gasteiger partial charge in [0, 0.05) is 16.4 Å². The zero-order valence-corrected chi connectivity index (χ0v) is 20.0. The number of hydrogen-bond acceptors (Lipinski definition) is 7. The molecule has 0 aliphatic carbocycles. The van der Waals surface area contributed by atoms with Gasteiger partial charge in [-0.3, -0.25) is 14.4 Å². The smallest absolute Gasteiger partial charge is 0.316 e. The minimum Gasteiger partial charge on any atom is -0.455 e. The number of carbonyl (C=O) groups is 3. The Labute approximate surface area is 201 Å². The molecule has 11 heteroatoms. The van der Waals surface area contributed by atoms with Gasteiger partial charge in [-0.15, -0.1) is 11.8 Å². The number of halogens is 1. The van der Waals surface area contributed by atoms with Gasteiger partial charge in [-0.2, -0.15) is 0 Å². The molecular formula is C22H23ClN2O6S2. The second kappa shape index (κ2) is 11.5. The predicted octanol–water partition coefficient (Wildman–Crippen LogP) is 2.78. The Balaban J connectivity index is 1.47. The SMILES string of the molecule is O=C(CSCC(=O)OCC(=O)N(c1ccccc1)C1CCS(=O)(=O)C1)Nc1ccc(Cl)cc1. The van der Waals surface area contributed by atoms with Crippen molar-refractivity contribution in [2.24, 2.45) is 0 Å². The Hall–Kier alpha value is -2.56. The number of para-hydroxylation sites is 1. The normalized spacial score (nSPS) is 16.7. The van der Waals surface area contributed by atoms with Crippen LogP contribution in [0.1, 0.15) is 6.42 Å². The van der Waals surface area contributed by atoms with Crippen LogP contribution in [0.2, 0.25) is 5.02 Å². The second-order valence-corrected chi connectivity index (χ2v) is 11.0. The van der Waals surface area contributed by atoms with Gasteiger partial charge < -0.3 is 15.0 Å². The molecule has 0 saturated carbocycles. The number of benzene rings is 2. The molecule has 1 fully saturated rings. The first kappa shape index (κ1) is 25.1. The summed E-state index contributed by atoms with van der Waals surface area (Å²) in [5, 5.41) is 3.24. The van der Waals surface area contributed by atoms with E-state index < -0.39 is 34.4 Å². The summed E-state index contributed by atoms with van der Waals surface area (Å²) in [6.07, 6.45) is 0.329. The summed E-state index contributed by atoms with van der Waals surface area (Å²) < 4.78 is 28.9. The second-order valence-electron chi connectivity index (χ2n) is 7.36. The molecule has 1 saturated heterocycles. The summed E-state index contributed by atoms with van der Waals surface area (Å²) in [5.74, 6) is -1.61. The number of nitrogens with one attached hydrogen (secondary N) is 1. The highest BCUT2D eigenvalue weighted by molar-refractivity contribution is 8.00. The van der Waals surface area contributed by atoms with E-state index in [2.05, 4.69) is 5.32 Å². The number of sulfone groups is 1. The number of rotatable bonds is 9. The van der Waals surface area contributed by atoms with Gasteiger partial charge in [0.1, 0.15) is 0 Å². The van der Waals surface area contributed by atoms with Crippen molar-refractivity contribution in [2.75, 3.05) is 39.8 Å². The molecule has 0 bridgehead atoms. The summed E-state index contributed by atoms with van der Waals surface area (Å²) in [4.78, 5) is 38.2. The quantitative estimate of drug-likeness (QED) is 0.516. The highest BCUT2D eigenvalue weighted by Gasteiger charge is 2.35. The maximum Gasteiger partial charge on any atom is 0.316 e. The van der Waals surface area contributed by atoms with Crippen molar-refractivity contribution in [1.29, 1.82) is 0 Å². The van der Waals surface area contributed by atoms with Gasteiger partial charge >= 0.3 is 5.97 Å². The van der Waals surface area contributed by atoms with Gasteiger partial charge in [0.05, 0.1) is 29.1 Å². The van der Waals surface area contributed by atoms with Crippen LogP contribution < -0.4 is 10.2 Å². The van der Waals surface area contributed by atoms with Crippen molar-refractivity contribution in [3.05, 3.63) is 59.6 Å². The molecule has 8 nitrogen and oxygen atoms in total. The standard InChI is InChI=1S/C22H23ClN2O6S2/c23-16-6-8-17(9-7-16)24-20(26)13-32-14-22(28)31-12-21(27)25(18-4-2-1-3-5-18)19-10-11-33(29,30)15-19/h1-9,19H,10-15H2,(H,24,26). The van der Waals surface area contributed by atoms with Crippen LogP contribution in [-0.2, 0) is 29.0 Å². The van der Waals surface area contributed by atoms with Gasteiger partial charge in [-0.25, -0.2) is 8.42 Å². The molecule has 0 radical (unpaired) electrons. The maximum atomic E-state index is 12.8. The molecule has 3 rings (SSSR count). The Morgan fingerprint density at radius 1 is 1.06 bits per heavy atom. The van der Waals surface area contributed by atoms with Crippen molar-refractivity contribution in [1.82, 2.24) is 0 Å². The van der Waals surface area contributed by atoms with Crippen molar-refractivity contribution in [3.63, 3.8) is 0 Å². The molecule has 1 unspecified atom stereocenters. The molecule has 1 N–H and O–H groups in total. The van der Waals surface area contributed by atoms with E-state index in [1.54, 1.807) is 54.6 Å². The van der Waals surface area contributed by atoms with Crippen LogP contribution in [0.15, 0.2) is 54.6 Å². The van der Waals surface area contributed by atoms with Crippen molar-refractivity contribution < 1.29 is 27.5 Å². The van der Waals surface area contributed by atoms with Crippen LogP contribution >= 0.6 is 23.4 Å². The van der Waals surface area contributed by atoms with E-state index in [1.165, 1.54) is 4.90 Å². The number of hydrogen-bond donors (Lipinski definition) is 1. The fraction of sp³-hybridized carbons (Fsp3) is 0.318. The molecular weight excluding hydrogens is 488 g/mol. The van der Waals surface area contributed by atoms with Crippen molar-refractivity contribution in [2.45, 2.75) is 12.5 Å². The Bertz CT molecular complexity index is 1090. The van der Waals surface area contributed by atoms with Gasteiger partial charge in [-0.05, 0) is 42.8 Å². The highest BCUT2D eigenvalue weighted by atomic mass is 35.5. The first-order valence-electron chi connectivity index (χ1n) is 10.1. The minimum atomic E-state index is -3.21. The number of nitrogens with zero attached hydrogens (tertiary/aromatic N) is 1. The third kappa shape index (κ3) is 7.76. The molecule has 176 valence electrons. The van der Waals surface area contributed by atoms with Crippen molar-refractivity contribution in [3.8, 4) is 0 Å². The monoisotopic (exact) mass is 510 g/mol. The summed E-state index contributed by atoms with van der Waals surface area (Å²) in [6.45, 7) is -0.512. The van der Waals surface area contributed by atoms with Crippen LogP contribution in [0.5, 0.6) is 0 Å². The van der Waals surface area contributed by atoms with Gasteiger partial charge in [0.2, 0.25) is 5.91 Å². The molecule has 1 aliphatic heterocycles. The van der Waals surface area contributed by atoms with Gasteiger partial charge in [0.15, 0.2) is 16.4 Å². The zero-order chi connectivity index (χ0) is 23.8. The first-order valence-corrected chi connectivity index (χ1v) is 13.5. The molecule has 0 spiro atoms. The lowest BCUT2D eigenvalue weighted by molar-refractivity contribution is -0.145. The third-order valence-electron chi connectivity index (χ3n) is 4.81. The van der Waals surface area contributed by atoms with Crippen LogP contribution in [-0.4, -0.2) is 61.9 Å². The van der Waals surface area contributed by atoms with E-state index in [9.17, 15) is 22.8 Å². The molecule has 0 aromatic heterocycles. The third-order valence-corrected chi connectivity index (χ3v) is 7.72. The summed E-state index contributed by atoms with van der Waals surface area (Å²) in [5.41, 5.74) is 1.14. The predicted molar refractivity (Wildman–Crippen MR) is 129 cm³/mol. The number of esters is 1. The van der Waals surface area contributed by atoms with Crippen LogP contribution in [0.3, 0.4) is 0 Å². The molecule has 1 aliphatic rings. The Kier molecular flexibility index (Phi) is 8.76. The summed E-state index contributed by atoms with van der Waals surface area (Å²) >= 11 is 6.86. The van der Waals surface area contributed by atoms with E-state index in [1.807, 2.05) is 0 Å². The van der Waals surface area contributed by atoms with E-state index in [-0.39, 0.29) is 28.9 Å². The Morgan fingerprint density at radius 2 is 1.76 bits per heavy atom. The summed E-state index contributed by atoms with van der Waals surface area (Å²) in [6, 6.07) is 14.8. The molecule has 2 aromatic rings. The van der Waals surface area contributed by atoms with E-state index in [4.69, 9.17) is 16.3 Å². The largest absolute Gasteiger partial charge is 0.455 e. The summed E-state index contributed by atoms with van der Waals surface area (Å²) in [7, 11) is -3.21.